The molecular weight excluding hydrogens is 296 g/mol. The maximum Gasteiger partial charge on any atom is 0.223 e. The summed E-state index contributed by atoms with van der Waals surface area (Å²) < 4.78 is 7.46. The molecule has 1 aromatic heterocycles. The van der Waals surface area contributed by atoms with E-state index in [1.807, 2.05) is 30.5 Å². The number of aliphatic hydroxyl groups excluding tert-OH is 1. The minimum absolute atomic E-state index is 0.0418. The number of hydrogen-bond acceptors (Lipinski definition) is 5. The molecule has 7 heteroatoms. The molecule has 4 atom stereocenters. The van der Waals surface area contributed by atoms with E-state index in [0.717, 1.165) is 17.0 Å². The van der Waals surface area contributed by atoms with Gasteiger partial charge in [-0.25, -0.2) is 0 Å². The Morgan fingerprint density at radius 3 is 2.78 bits per heavy atom. The second kappa shape index (κ2) is 6.22. The van der Waals surface area contributed by atoms with Gasteiger partial charge in [0.2, 0.25) is 5.91 Å². The molecule has 1 unspecified atom stereocenters. The molecule has 1 saturated carbocycles. The molecule has 1 saturated heterocycles. The molecule has 7 nitrogen and oxygen atoms in total. The molecule has 2 aliphatic rings. The average molecular weight is 322 g/mol. The SMILES string of the molecule is Cc1nn(C)c(C)c1C1COCCN1C(=O)C[C@H]1[C@H](O)C[C@@H]1N. The molecule has 0 bridgehead atoms. The minimum atomic E-state index is -0.449. The van der Waals surface area contributed by atoms with Crippen LogP contribution < -0.4 is 5.73 Å². The number of aromatic nitrogens is 2. The third-order valence-corrected chi connectivity index (χ3v) is 5.32. The highest BCUT2D eigenvalue weighted by Gasteiger charge is 2.41. The van der Waals surface area contributed by atoms with Crippen molar-refractivity contribution in [2.75, 3.05) is 19.8 Å². The number of nitrogens with two attached hydrogens (primary N) is 1. The molecule has 3 N–H and O–H groups in total. The lowest BCUT2D eigenvalue weighted by atomic mass is 9.75. The predicted molar refractivity (Wildman–Crippen MR) is 84.7 cm³/mol. The van der Waals surface area contributed by atoms with E-state index >= 15 is 0 Å². The maximum atomic E-state index is 12.8. The van der Waals surface area contributed by atoms with Crippen LogP contribution >= 0.6 is 0 Å². The number of carbonyl (C=O) groups is 1. The second-order valence-electron chi connectivity index (χ2n) is 6.72. The third-order valence-electron chi connectivity index (χ3n) is 5.32. The Balaban J connectivity index is 1.80. The lowest BCUT2D eigenvalue weighted by Crippen LogP contribution is -2.54. The summed E-state index contributed by atoms with van der Waals surface area (Å²) in [5.41, 5.74) is 8.97. The molecule has 1 aromatic rings. The van der Waals surface area contributed by atoms with E-state index < -0.39 is 6.10 Å². The Bertz CT molecular complexity index is 592. The molecule has 1 aliphatic carbocycles. The van der Waals surface area contributed by atoms with Crippen LogP contribution in [-0.4, -0.2) is 57.6 Å². The van der Waals surface area contributed by atoms with Crippen molar-refractivity contribution in [3.05, 3.63) is 17.0 Å². The van der Waals surface area contributed by atoms with Gasteiger partial charge >= 0.3 is 0 Å². The highest BCUT2D eigenvalue weighted by molar-refractivity contribution is 5.77. The van der Waals surface area contributed by atoms with Gasteiger partial charge in [-0.15, -0.1) is 0 Å². The van der Waals surface area contributed by atoms with Crippen molar-refractivity contribution in [2.24, 2.45) is 18.7 Å². The number of nitrogens with zero attached hydrogens (tertiary/aromatic N) is 3. The molecule has 2 heterocycles. The van der Waals surface area contributed by atoms with Gasteiger partial charge in [-0.1, -0.05) is 0 Å². The van der Waals surface area contributed by atoms with E-state index in [9.17, 15) is 9.90 Å². The van der Waals surface area contributed by atoms with Crippen LogP contribution in [0.25, 0.3) is 0 Å². The van der Waals surface area contributed by atoms with E-state index in [-0.39, 0.29) is 23.9 Å². The maximum absolute atomic E-state index is 12.8. The summed E-state index contributed by atoms with van der Waals surface area (Å²) in [5, 5.41) is 14.3. The van der Waals surface area contributed by atoms with Gasteiger partial charge in [0.05, 0.1) is 31.1 Å². The van der Waals surface area contributed by atoms with Gasteiger partial charge in [-0.2, -0.15) is 5.10 Å². The largest absolute Gasteiger partial charge is 0.393 e. The van der Waals surface area contributed by atoms with Crippen LogP contribution in [0.4, 0.5) is 0 Å². The topological polar surface area (TPSA) is 93.6 Å². The van der Waals surface area contributed by atoms with E-state index in [1.165, 1.54) is 0 Å². The first-order valence-electron chi connectivity index (χ1n) is 8.21. The number of morpholine rings is 1. The number of amides is 1. The fourth-order valence-electron chi connectivity index (χ4n) is 3.74. The lowest BCUT2D eigenvalue weighted by Gasteiger charge is -2.42. The molecule has 1 amide bonds. The molecule has 0 aromatic carbocycles. The van der Waals surface area contributed by atoms with E-state index in [1.54, 1.807) is 0 Å². The standard InChI is InChI=1S/C16H26N4O3/c1-9-16(10(2)19(3)18-9)13-8-23-5-4-20(13)15(22)6-11-12(17)7-14(11)21/h11-14,21H,4-8,17H2,1-3H3/t11-,12+,13?,14-/m1/s1. The molecule has 0 spiro atoms. The first kappa shape index (κ1) is 16.4. The van der Waals surface area contributed by atoms with Crippen LogP contribution in [0.2, 0.25) is 0 Å². The lowest BCUT2D eigenvalue weighted by molar-refractivity contribution is -0.144. The number of hydrogen-bond donors (Lipinski definition) is 2. The van der Waals surface area contributed by atoms with Crippen molar-refractivity contribution in [3.63, 3.8) is 0 Å². The summed E-state index contributed by atoms with van der Waals surface area (Å²) in [4.78, 5) is 14.7. The Labute approximate surface area is 136 Å². The first-order valence-corrected chi connectivity index (χ1v) is 8.21. The number of aryl methyl sites for hydroxylation is 2. The highest BCUT2D eigenvalue weighted by atomic mass is 16.5. The van der Waals surface area contributed by atoms with Crippen molar-refractivity contribution < 1.29 is 14.6 Å². The molecular formula is C16H26N4O3. The molecule has 128 valence electrons. The molecule has 2 fully saturated rings. The van der Waals surface area contributed by atoms with Gasteiger partial charge in [0.1, 0.15) is 0 Å². The van der Waals surface area contributed by atoms with Crippen molar-refractivity contribution in [1.29, 1.82) is 0 Å². The zero-order valence-electron chi connectivity index (χ0n) is 14.0. The van der Waals surface area contributed by atoms with E-state index in [0.29, 0.717) is 32.6 Å². The van der Waals surface area contributed by atoms with E-state index in [4.69, 9.17) is 10.5 Å². The highest BCUT2D eigenvalue weighted by Crippen LogP contribution is 2.33. The molecule has 3 rings (SSSR count). The van der Waals surface area contributed by atoms with E-state index in [2.05, 4.69) is 5.10 Å². The summed E-state index contributed by atoms with van der Waals surface area (Å²) in [7, 11) is 1.91. The van der Waals surface area contributed by atoms with Crippen LogP contribution in [0, 0.1) is 19.8 Å². The zero-order valence-corrected chi connectivity index (χ0v) is 14.0. The third kappa shape index (κ3) is 2.88. The quantitative estimate of drug-likeness (QED) is 0.819. The number of ether oxygens (including phenoxy) is 1. The van der Waals surface area contributed by atoms with Crippen molar-refractivity contribution in [2.45, 2.75) is 44.9 Å². The van der Waals surface area contributed by atoms with Crippen LogP contribution in [0.1, 0.15) is 35.8 Å². The Hall–Kier alpha value is -1.44. The number of aliphatic hydroxyl groups is 1. The van der Waals surface area contributed by atoms with Gasteiger partial charge in [-0.05, 0) is 20.3 Å². The smallest absolute Gasteiger partial charge is 0.223 e. The normalized spacial score (nSPS) is 31.1. The average Bonchev–Trinajstić information content (AvgIpc) is 2.77. The zero-order chi connectivity index (χ0) is 16.7. The van der Waals surface area contributed by atoms with Crippen molar-refractivity contribution in [3.8, 4) is 0 Å². The van der Waals surface area contributed by atoms with Gasteiger partial charge in [0.25, 0.3) is 0 Å². The van der Waals surface area contributed by atoms with Crippen LogP contribution in [0.15, 0.2) is 0 Å². The van der Waals surface area contributed by atoms with Gasteiger partial charge in [-0.3, -0.25) is 9.48 Å². The summed E-state index contributed by atoms with van der Waals surface area (Å²) in [6, 6.07) is -0.186. The number of rotatable bonds is 3. The first-order chi connectivity index (χ1) is 10.9. The summed E-state index contributed by atoms with van der Waals surface area (Å²) in [6.07, 6.45) is 0.443. The predicted octanol–water partition coefficient (Wildman–Crippen LogP) is 0.0350. The monoisotopic (exact) mass is 322 g/mol. The summed E-state index contributed by atoms with van der Waals surface area (Å²) in [5.74, 6) is -0.0813. The second-order valence-corrected chi connectivity index (χ2v) is 6.72. The Morgan fingerprint density at radius 1 is 1.48 bits per heavy atom. The van der Waals surface area contributed by atoms with Crippen LogP contribution in [0.3, 0.4) is 0 Å². The fraction of sp³-hybridized carbons (Fsp3) is 0.750. The summed E-state index contributed by atoms with van der Waals surface area (Å²) in [6.45, 7) is 5.57. The minimum Gasteiger partial charge on any atom is -0.393 e. The molecule has 23 heavy (non-hydrogen) atoms. The van der Waals surface area contributed by atoms with Crippen molar-refractivity contribution >= 4 is 5.91 Å². The van der Waals surface area contributed by atoms with Crippen LogP contribution in [0.5, 0.6) is 0 Å². The number of carbonyl (C=O) groups excluding carboxylic acids is 1. The molecule has 1 aliphatic heterocycles. The summed E-state index contributed by atoms with van der Waals surface area (Å²) >= 11 is 0. The Morgan fingerprint density at radius 2 is 2.22 bits per heavy atom. The van der Waals surface area contributed by atoms with Gasteiger partial charge in [0, 0.05) is 43.2 Å². The van der Waals surface area contributed by atoms with Gasteiger partial charge in [0.15, 0.2) is 0 Å². The fourth-order valence-corrected chi connectivity index (χ4v) is 3.74. The Kier molecular flexibility index (Phi) is 4.44. The molecule has 0 radical (unpaired) electrons. The van der Waals surface area contributed by atoms with Gasteiger partial charge < -0.3 is 20.5 Å². The van der Waals surface area contributed by atoms with Crippen molar-refractivity contribution in [1.82, 2.24) is 14.7 Å². The van der Waals surface area contributed by atoms with Crippen LogP contribution in [-0.2, 0) is 16.6 Å².